The van der Waals surface area contributed by atoms with Crippen LogP contribution in [0, 0.1) is 11.3 Å². The first-order valence-electron chi connectivity index (χ1n) is 8.01. The third-order valence-electron chi connectivity index (χ3n) is 3.85. The highest BCUT2D eigenvalue weighted by Crippen LogP contribution is 2.35. The van der Waals surface area contributed by atoms with Crippen molar-refractivity contribution in [2.75, 3.05) is 11.0 Å². The molecule has 0 aromatic heterocycles. The summed E-state index contributed by atoms with van der Waals surface area (Å²) in [6.45, 7) is 0. The minimum atomic E-state index is -4.50. The van der Waals surface area contributed by atoms with Crippen molar-refractivity contribution in [2.45, 2.75) is 4.90 Å². The number of hydrogen-bond donors (Lipinski definition) is 2. The van der Waals surface area contributed by atoms with Gasteiger partial charge in [0.05, 0.1) is 28.1 Å². The number of nitrogens with one attached hydrogen (secondary N) is 1. The molecule has 3 aromatic carbocycles. The lowest BCUT2D eigenvalue weighted by molar-refractivity contribution is 0.483. The molecule has 0 spiro atoms. The van der Waals surface area contributed by atoms with Crippen LogP contribution >= 0.6 is 0 Å². The third kappa shape index (κ3) is 4.75. The van der Waals surface area contributed by atoms with Gasteiger partial charge in [0.2, 0.25) is 10.0 Å². The minimum Gasteiger partial charge on any atom is -0.283 e. The first-order valence-corrected chi connectivity index (χ1v) is 11.3. The van der Waals surface area contributed by atoms with Gasteiger partial charge in [-0.1, -0.05) is 18.2 Å². The fraction of sp³-hybridized carbons (Fsp3) is 0.0556. The van der Waals surface area contributed by atoms with E-state index in [9.17, 15) is 21.4 Å². The first-order chi connectivity index (χ1) is 13.6. The maximum Gasteiger partial charge on any atom is 0.294 e. The molecule has 0 aliphatic carbocycles. The van der Waals surface area contributed by atoms with Gasteiger partial charge in [-0.3, -0.25) is 9.27 Å². The van der Waals surface area contributed by atoms with E-state index in [0.29, 0.717) is 22.3 Å². The number of nitriles is 1. The summed E-state index contributed by atoms with van der Waals surface area (Å²) in [5.74, 6) is 0. The highest BCUT2D eigenvalue weighted by molar-refractivity contribution is 7.92. The zero-order valence-corrected chi connectivity index (χ0v) is 16.6. The molecule has 3 aromatic rings. The second kappa shape index (κ2) is 7.59. The van der Waals surface area contributed by atoms with Crippen LogP contribution < -0.4 is 4.72 Å². The van der Waals surface area contributed by atoms with Crippen molar-refractivity contribution in [2.24, 2.45) is 10.2 Å². The Hall–Kier alpha value is -3.33. The van der Waals surface area contributed by atoms with Crippen molar-refractivity contribution in [1.82, 2.24) is 0 Å². The Morgan fingerprint density at radius 3 is 2.28 bits per heavy atom. The van der Waals surface area contributed by atoms with E-state index in [1.807, 2.05) is 6.07 Å². The number of nitrogens with zero attached hydrogens (tertiary/aromatic N) is 3. The molecule has 9 nitrogen and oxygen atoms in total. The van der Waals surface area contributed by atoms with E-state index in [0.717, 1.165) is 12.3 Å². The van der Waals surface area contributed by atoms with Crippen LogP contribution in [0.3, 0.4) is 0 Å². The average Bonchev–Trinajstić information content (AvgIpc) is 2.65. The monoisotopic (exact) mass is 430 g/mol. The number of hydrogen-bond acceptors (Lipinski definition) is 7. The van der Waals surface area contributed by atoms with Gasteiger partial charge in [0.15, 0.2) is 0 Å². The van der Waals surface area contributed by atoms with Gasteiger partial charge in [0, 0.05) is 10.8 Å². The van der Waals surface area contributed by atoms with Gasteiger partial charge >= 0.3 is 0 Å². The van der Waals surface area contributed by atoms with E-state index in [1.165, 1.54) is 24.3 Å². The summed E-state index contributed by atoms with van der Waals surface area (Å²) in [5.41, 5.74) is 1.10. The third-order valence-corrected chi connectivity index (χ3v) is 5.29. The highest BCUT2D eigenvalue weighted by atomic mass is 32.2. The van der Waals surface area contributed by atoms with Gasteiger partial charge in [-0.05, 0) is 36.4 Å². The molecule has 0 heterocycles. The molecule has 29 heavy (non-hydrogen) atoms. The zero-order valence-electron chi connectivity index (χ0n) is 14.9. The molecule has 11 heteroatoms. The summed E-state index contributed by atoms with van der Waals surface area (Å²) in [6, 6.07) is 15.2. The standard InChI is InChI=1S/C18H14N4O5S2/c1-28(23,24)22-18-9-8-17(21-20-16-5-3-2-4-12(16)11-19)14-7-6-13(10-15(14)18)29(25,26)27/h2-10,22H,1H3,(H,25,26,27). The Labute approximate surface area is 167 Å². The lowest BCUT2D eigenvalue weighted by Gasteiger charge is -2.11. The van der Waals surface area contributed by atoms with E-state index < -0.39 is 25.0 Å². The van der Waals surface area contributed by atoms with Crippen LogP contribution in [0.25, 0.3) is 10.8 Å². The quantitative estimate of drug-likeness (QED) is 0.465. The number of anilines is 1. The second-order valence-corrected chi connectivity index (χ2v) is 9.19. The predicted octanol–water partition coefficient (Wildman–Crippen LogP) is 3.75. The fourth-order valence-electron chi connectivity index (χ4n) is 2.61. The van der Waals surface area contributed by atoms with E-state index in [2.05, 4.69) is 15.0 Å². The minimum absolute atomic E-state index is 0.115. The largest absolute Gasteiger partial charge is 0.294 e. The van der Waals surface area contributed by atoms with Gasteiger partial charge in [0.1, 0.15) is 11.8 Å². The van der Waals surface area contributed by atoms with Crippen LogP contribution in [-0.2, 0) is 20.1 Å². The Morgan fingerprint density at radius 2 is 1.62 bits per heavy atom. The number of rotatable bonds is 5. The van der Waals surface area contributed by atoms with Crippen LogP contribution in [-0.4, -0.2) is 27.6 Å². The zero-order chi connectivity index (χ0) is 21.2. The van der Waals surface area contributed by atoms with Crippen LogP contribution in [0.5, 0.6) is 0 Å². The second-order valence-electron chi connectivity index (χ2n) is 6.02. The van der Waals surface area contributed by atoms with E-state index in [-0.39, 0.29) is 11.1 Å². The molecule has 0 atom stereocenters. The lowest BCUT2D eigenvalue weighted by Crippen LogP contribution is -2.10. The molecule has 0 bridgehead atoms. The molecule has 0 saturated carbocycles. The molecular weight excluding hydrogens is 416 g/mol. The lowest BCUT2D eigenvalue weighted by atomic mass is 10.1. The molecule has 2 N–H and O–H groups in total. The Morgan fingerprint density at radius 1 is 0.931 bits per heavy atom. The molecule has 0 radical (unpaired) electrons. The van der Waals surface area contributed by atoms with Crippen molar-refractivity contribution >= 4 is 48.0 Å². The molecule has 0 saturated heterocycles. The van der Waals surface area contributed by atoms with Crippen molar-refractivity contribution in [3.63, 3.8) is 0 Å². The van der Waals surface area contributed by atoms with Crippen LogP contribution in [0.15, 0.2) is 69.7 Å². The predicted molar refractivity (Wildman–Crippen MR) is 108 cm³/mol. The van der Waals surface area contributed by atoms with E-state index in [1.54, 1.807) is 24.3 Å². The maximum atomic E-state index is 11.6. The fourth-order valence-corrected chi connectivity index (χ4v) is 3.70. The van der Waals surface area contributed by atoms with Gasteiger partial charge in [-0.15, -0.1) is 10.2 Å². The Balaban J connectivity index is 2.20. The molecule has 0 unspecified atom stereocenters. The number of benzene rings is 3. The summed E-state index contributed by atoms with van der Waals surface area (Å²) in [7, 11) is -8.15. The number of sulfonamides is 1. The molecule has 148 valence electrons. The molecule has 3 rings (SSSR count). The normalized spacial score (nSPS) is 12.2. The van der Waals surface area contributed by atoms with Crippen LogP contribution in [0.4, 0.5) is 17.1 Å². The van der Waals surface area contributed by atoms with E-state index >= 15 is 0 Å². The van der Waals surface area contributed by atoms with Crippen LogP contribution in [0.2, 0.25) is 0 Å². The summed E-state index contributed by atoms with van der Waals surface area (Å²) in [6.07, 6.45) is 0.956. The summed E-state index contributed by atoms with van der Waals surface area (Å²) in [4.78, 5) is -0.398. The van der Waals surface area contributed by atoms with Crippen LogP contribution in [0.1, 0.15) is 5.56 Å². The number of azo groups is 1. The summed E-state index contributed by atoms with van der Waals surface area (Å²) >= 11 is 0. The van der Waals surface area contributed by atoms with Gasteiger partial charge in [0.25, 0.3) is 10.1 Å². The summed E-state index contributed by atoms with van der Waals surface area (Å²) < 4.78 is 57.9. The molecule has 0 aliphatic rings. The molecule has 0 amide bonds. The summed E-state index contributed by atoms with van der Waals surface area (Å²) in [5, 5.41) is 17.9. The van der Waals surface area contributed by atoms with Gasteiger partial charge in [-0.25, -0.2) is 8.42 Å². The van der Waals surface area contributed by atoms with Crippen molar-refractivity contribution < 1.29 is 21.4 Å². The van der Waals surface area contributed by atoms with E-state index in [4.69, 9.17) is 5.26 Å². The maximum absolute atomic E-state index is 11.6. The van der Waals surface area contributed by atoms with Crippen molar-refractivity contribution in [1.29, 1.82) is 5.26 Å². The Kier molecular flexibility index (Phi) is 5.34. The van der Waals surface area contributed by atoms with Crippen molar-refractivity contribution in [3.8, 4) is 6.07 Å². The van der Waals surface area contributed by atoms with Crippen molar-refractivity contribution in [3.05, 3.63) is 60.2 Å². The van der Waals surface area contributed by atoms with Gasteiger partial charge < -0.3 is 0 Å². The topological polar surface area (TPSA) is 149 Å². The van der Waals surface area contributed by atoms with Gasteiger partial charge in [-0.2, -0.15) is 13.7 Å². The number of fused-ring (bicyclic) bond motifs is 1. The Bertz CT molecular complexity index is 1390. The average molecular weight is 430 g/mol. The first kappa shape index (κ1) is 20.4. The molecular formula is C18H14N4O5S2. The molecule has 0 fully saturated rings. The highest BCUT2D eigenvalue weighted by Gasteiger charge is 2.15. The SMILES string of the molecule is CS(=O)(=O)Nc1ccc(N=Nc2ccccc2C#N)c2ccc(S(=O)(=O)O)cc12. The smallest absolute Gasteiger partial charge is 0.283 e. The molecule has 0 aliphatic heterocycles.